The maximum atomic E-state index is 5.97. The summed E-state index contributed by atoms with van der Waals surface area (Å²) in [5.74, 6) is 0. The Balaban J connectivity index is 2.25. The number of nitrogens with zero attached hydrogens (tertiary/aromatic N) is 2. The first kappa shape index (κ1) is 11.4. The van der Waals surface area contributed by atoms with Gasteiger partial charge in [0.05, 0.1) is 0 Å². The van der Waals surface area contributed by atoms with Crippen molar-refractivity contribution in [3.8, 4) is 0 Å². The average Bonchev–Trinajstić information content (AvgIpc) is 2.49. The Morgan fingerprint density at radius 3 is 2.79 bits per heavy atom. The molecule has 0 radical (unpaired) electrons. The molecule has 0 aliphatic rings. The molecule has 0 spiro atoms. The molecule has 80 valence electrons. The van der Waals surface area contributed by atoms with Gasteiger partial charge in [-0.1, -0.05) is 20.8 Å². The summed E-state index contributed by atoms with van der Waals surface area (Å²) in [4.78, 5) is 4.03. The van der Waals surface area contributed by atoms with Gasteiger partial charge in [-0.3, -0.25) is 0 Å². The van der Waals surface area contributed by atoms with E-state index in [0.717, 1.165) is 18.1 Å². The van der Waals surface area contributed by atoms with E-state index in [2.05, 4.69) is 35.4 Å². The van der Waals surface area contributed by atoms with E-state index in [1.165, 1.54) is 11.5 Å². The van der Waals surface area contributed by atoms with Crippen LogP contribution in [0.2, 0.25) is 0 Å². The highest BCUT2D eigenvalue weighted by Gasteiger charge is 2.15. The molecule has 1 unspecified atom stereocenters. The van der Waals surface area contributed by atoms with Gasteiger partial charge in [0.15, 0.2) is 0 Å². The summed E-state index contributed by atoms with van der Waals surface area (Å²) in [5, 5.41) is 4.01. The number of rotatable bonds is 4. The lowest BCUT2D eigenvalue weighted by Crippen LogP contribution is -2.33. The third-order valence-electron chi connectivity index (χ3n) is 1.75. The summed E-state index contributed by atoms with van der Waals surface area (Å²) in [5.41, 5.74) is 6.25. The van der Waals surface area contributed by atoms with Gasteiger partial charge in [-0.05, 0) is 11.8 Å². The first-order valence-corrected chi connectivity index (χ1v) is 5.51. The van der Waals surface area contributed by atoms with Crippen molar-refractivity contribution in [2.24, 2.45) is 11.1 Å². The van der Waals surface area contributed by atoms with Crippen LogP contribution in [0.25, 0.3) is 0 Å². The van der Waals surface area contributed by atoms with Crippen molar-refractivity contribution in [2.45, 2.75) is 33.2 Å². The summed E-state index contributed by atoms with van der Waals surface area (Å²) in [6.45, 7) is 7.33. The minimum absolute atomic E-state index is 0.166. The summed E-state index contributed by atoms with van der Waals surface area (Å²) < 4.78 is 3.90. The van der Waals surface area contributed by atoms with Gasteiger partial charge in [-0.25, -0.2) is 4.98 Å². The molecule has 0 aromatic carbocycles. The first-order valence-electron chi connectivity index (χ1n) is 4.73. The molecule has 14 heavy (non-hydrogen) atoms. The molecule has 1 atom stereocenters. The van der Waals surface area contributed by atoms with Crippen molar-refractivity contribution in [2.75, 3.05) is 11.9 Å². The minimum Gasteiger partial charge on any atom is -0.359 e. The number of anilines is 1. The fourth-order valence-electron chi connectivity index (χ4n) is 1.33. The Hall–Kier alpha value is -0.680. The largest absolute Gasteiger partial charge is 0.359 e. The van der Waals surface area contributed by atoms with Crippen LogP contribution in [0.3, 0.4) is 0 Å². The molecule has 0 aliphatic carbocycles. The van der Waals surface area contributed by atoms with E-state index in [1.54, 1.807) is 6.33 Å². The second-order valence-electron chi connectivity index (χ2n) is 4.65. The number of nitrogens with two attached hydrogens (primary N) is 1. The second kappa shape index (κ2) is 4.70. The van der Waals surface area contributed by atoms with E-state index >= 15 is 0 Å². The topological polar surface area (TPSA) is 63.8 Å². The molecule has 3 N–H and O–H groups in total. The fourth-order valence-corrected chi connectivity index (χ4v) is 1.76. The predicted octanol–water partition coefficient (Wildman–Crippen LogP) is 1.71. The fraction of sp³-hybridized carbons (Fsp3) is 0.778. The third-order valence-corrected chi connectivity index (χ3v) is 2.37. The highest BCUT2D eigenvalue weighted by atomic mass is 32.1. The standard InChI is InChI=1S/C9H18N4S/c1-9(2,3)4-7(10)5-11-8-12-6-13-14-8/h6-7H,4-5,10H2,1-3H3,(H,11,12,13). The van der Waals surface area contributed by atoms with Crippen LogP contribution in [0.15, 0.2) is 6.33 Å². The van der Waals surface area contributed by atoms with Crippen molar-refractivity contribution in [1.82, 2.24) is 9.36 Å². The van der Waals surface area contributed by atoms with E-state index in [-0.39, 0.29) is 11.5 Å². The van der Waals surface area contributed by atoms with E-state index in [0.29, 0.717) is 0 Å². The summed E-state index contributed by atoms with van der Waals surface area (Å²) in [6, 6.07) is 0.166. The second-order valence-corrected chi connectivity index (χ2v) is 5.43. The molecule has 0 bridgehead atoms. The van der Waals surface area contributed by atoms with Crippen LogP contribution in [-0.2, 0) is 0 Å². The molecule has 0 fully saturated rings. The van der Waals surface area contributed by atoms with E-state index in [1.807, 2.05) is 0 Å². The molecule has 1 aromatic heterocycles. The number of nitrogens with one attached hydrogen (secondary N) is 1. The molecular formula is C9H18N4S. The zero-order chi connectivity index (χ0) is 10.6. The Bertz CT molecular complexity index is 252. The lowest BCUT2D eigenvalue weighted by molar-refractivity contribution is 0.345. The Labute approximate surface area is 89.1 Å². The van der Waals surface area contributed by atoms with Gasteiger partial charge in [0.2, 0.25) is 5.13 Å². The average molecular weight is 214 g/mol. The Kier molecular flexibility index (Phi) is 3.83. The smallest absolute Gasteiger partial charge is 0.202 e. The van der Waals surface area contributed by atoms with Gasteiger partial charge in [0.1, 0.15) is 6.33 Å². The molecule has 0 saturated heterocycles. The molecule has 1 heterocycles. The van der Waals surface area contributed by atoms with Crippen molar-refractivity contribution in [3.05, 3.63) is 6.33 Å². The minimum atomic E-state index is 0.166. The maximum Gasteiger partial charge on any atom is 0.202 e. The number of hydrogen-bond acceptors (Lipinski definition) is 5. The highest BCUT2D eigenvalue weighted by Crippen LogP contribution is 2.20. The quantitative estimate of drug-likeness (QED) is 0.801. The van der Waals surface area contributed by atoms with Crippen LogP contribution in [0.1, 0.15) is 27.2 Å². The normalized spacial score (nSPS) is 14.0. The monoisotopic (exact) mass is 214 g/mol. The van der Waals surface area contributed by atoms with Gasteiger partial charge >= 0.3 is 0 Å². The Morgan fingerprint density at radius 2 is 2.29 bits per heavy atom. The predicted molar refractivity (Wildman–Crippen MR) is 60.4 cm³/mol. The van der Waals surface area contributed by atoms with Gasteiger partial charge in [0, 0.05) is 24.1 Å². The van der Waals surface area contributed by atoms with Crippen LogP contribution >= 0.6 is 11.5 Å². The van der Waals surface area contributed by atoms with E-state index < -0.39 is 0 Å². The number of aromatic nitrogens is 2. The van der Waals surface area contributed by atoms with E-state index in [9.17, 15) is 0 Å². The SMILES string of the molecule is CC(C)(C)CC(N)CNc1ncns1. The zero-order valence-corrected chi connectivity index (χ0v) is 9.77. The molecular weight excluding hydrogens is 196 g/mol. The van der Waals surface area contributed by atoms with Gasteiger partial charge in [-0.15, -0.1) is 0 Å². The van der Waals surface area contributed by atoms with Crippen LogP contribution in [0.4, 0.5) is 5.13 Å². The molecule has 1 rings (SSSR count). The van der Waals surface area contributed by atoms with Crippen molar-refractivity contribution in [3.63, 3.8) is 0 Å². The third kappa shape index (κ3) is 4.53. The molecule has 0 amide bonds. The Morgan fingerprint density at radius 1 is 1.57 bits per heavy atom. The molecule has 0 saturated carbocycles. The lowest BCUT2D eigenvalue weighted by atomic mass is 9.88. The summed E-state index contributed by atoms with van der Waals surface area (Å²) >= 11 is 1.36. The molecule has 1 aromatic rings. The van der Waals surface area contributed by atoms with Crippen LogP contribution in [0.5, 0.6) is 0 Å². The van der Waals surface area contributed by atoms with Gasteiger partial charge in [0.25, 0.3) is 0 Å². The molecule has 5 heteroatoms. The summed E-state index contributed by atoms with van der Waals surface area (Å²) in [7, 11) is 0. The lowest BCUT2D eigenvalue weighted by Gasteiger charge is -2.23. The molecule has 4 nitrogen and oxygen atoms in total. The van der Waals surface area contributed by atoms with Crippen LogP contribution in [-0.4, -0.2) is 21.9 Å². The number of hydrogen-bond donors (Lipinski definition) is 2. The van der Waals surface area contributed by atoms with Crippen molar-refractivity contribution in [1.29, 1.82) is 0 Å². The van der Waals surface area contributed by atoms with Crippen molar-refractivity contribution < 1.29 is 0 Å². The van der Waals surface area contributed by atoms with Crippen molar-refractivity contribution >= 4 is 16.7 Å². The molecule has 0 aliphatic heterocycles. The van der Waals surface area contributed by atoms with Crippen LogP contribution < -0.4 is 11.1 Å². The zero-order valence-electron chi connectivity index (χ0n) is 8.95. The summed E-state index contributed by atoms with van der Waals surface area (Å²) in [6.07, 6.45) is 2.54. The van der Waals surface area contributed by atoms with Gasteiger partial charge in [-0.2, -0.15) is 4.37 Å². The first-order chi connectivity index (χ1) is 6.47. The van der Waals surface area contributed by atoms with Gasteiger partial charge < -0.3 is 11.1 Å². The maximum absolute atomic E-state index is 5.97. The highest BCUT2D eigenvalue weighted by molar-refractivity contribution is 7.09. The van der Waals surface area contributed by atoms with Crippen LogP contribution in [0, 0.1) is 5.41 Å². The van der Waals surface area contributed by atoms with E-state index in [4.69, 9.17) is 5.73 Å².